The molecule has 6 heteroatoms. The molecule has 0 heterocycles. The van der Waals surface area contributed by atoms with Crippen LogP contribution in [0.15, 0.2) is 29.2 Å². The predicted molar refractivity (Wildman–Crippen MR) is 61.0 cm³/mol. The van der Waals surface area contributed by atoms with Crippen LogP contribution in [0.1, 0.15) is 20.3 Å². The van der Waals surface area contributed by atoms with Crippen molar-refractivity contribution < 1.29 is 12.8 Å². The van der Waals surface area contributed by atoms with Gasteiger partial charge in [-0.2, -0.15) is 9.98 Å². The average molecular weight is 256 g/mol. The number of sulfonamides is 1. The van der Waals surface area contributed by atoms with Crippen LogP contribution in [-0.4, -0.2) is 14.0 Å². The molecule has 0 aliphatic carbocycles. The molecular formula is C11H13FN2O2S. The van der Waals surface area contributed by atoms with E-state index in [9.17, 15) is 12.8 Å². The number of halogens is 1. The molecule has 1 unspecified atom stereocenters. The van der Waals surface area contributed by atoms with Crippen molar-refractivity contribution >= 4 is 10.0 Å². The van der Waals surface area contributed by atoms with Crippen LogP contribution >= 0.6 is 0 Å². The van der Waals surface area contributed by atoms with Gasteiger partial charge in [-0.15, -0.1) is 0 Å². The van der Waals surface area contributed by atoms with Crippen LogP contribution in [0.4, 0.5) is 4.39 Å². The van der Waals surface area contributed by atoms with E-state index in [-0.39, 0.29) is 4.90 Å². The average Bonchev–Trinajstić information content (AvgIpc) is 2.29. The maximum atomic E-state index is 12.7. The molecule has 1 aromatic carbocycles. The van der Waals surface area contributed by atoms with Crippen molar-refractivity contribution in [2.75, 3.05) is 0 Å². The Morgan fingerprint density at radius 1 is 1.41 bits per heavy atom. The van der Waals surface area contributed by atoms with Crippen LogP contribution in [0.5, 0.6) is 0 Å². The molecule has 0 aliphatic rings. The quantitative estimate of drug-likeness (QED) is 0.893. The molecule has 1 aromatic rings. The molecule has 1 atom stereocenters. The van der Waals surface area contributed by atoms with Crippen molar-refractivity contribution in [1.29, 1.82) is 5.26 Å². The first kappa shape index (κ1) is 13.6. The summed E-state index contributed by atoms with van der Waals surface area (Å²) in [7, 11) is -3.80. The Kier molecular flexibility index (Phi) is 3.86. The number of hydrogen-bond donors (Lipinski definition) is 1. The minimum absolute atomic E-state index is 0.0613. The standard InChI is InChI=1S/C11H13FN2O2S/c1-3-11(2,8-13)14-17(15,16)10-6-4-9(12)5-7-10/h4-7,14H,3H2,1-2H3. The molecule has 0 amide bonds. The summed E-state index contributed by atoms with van der Waals surface area (Å²) in [4.78, 5) is -0.0613. The van der Waals surface area contributed by atoms with Gasteiger partial charge in [0, 0.05) is 0 Å². The summed E-state index contributed by atoms with van der Waals surface area (Å²) in [5, 5.41) is 8.90. The molecule has 0 bridgehead atoms. The van der Waals surface area contributed by atoms with Gasteiger partial charge in [-0.05, 0) is 37.6 Å². The Morgan fingerprint density at radius 2 is 1.94 bits per heavy atom. The molecule has 92 valence electrons. The lowest BCUT2D eigenvalue weighted by molar-refractivity contribution is 0.495. The van der Waals surface area contributed by atoms with E-state index in [1.807, 2.05) is 6.07 Å². The lowest BCUT2D eigenvalue weighted by Gasteiger charge is -2.20. The second-order valence-electron chi connectivity index (χ2n) is 3.86. The molecule has 0 saturated carbocycles. The summed E-state index contributed by atoms with van der Waals surface area (Å²) in [5.74, 6) is -0.512. The molecule has 0 aliphatic heterocycles. The molecule has 0 aromatic heterocycles. The van der Waals surface area contributed by atoms with Gasteiger partial charge in [0.15, 0.2) is 0 Å². The van der Waals surface area contributed by atoms with E-state index in [0.29, 0.717) is 6.42 Å². The Balaban J connectivity index is 3.06. The molecule has 1 N–H and O–H groups in total. The first-order chi connectivity index (χ1) is 7.83. The van der Waals surface area contributed by atoms with E-state index in [1.165, 1.54) is 6.92 Å². The minimum atomic E-state index is -3.80. The summed E-state index contributed by atoms with van der Waals surface area (Å²) >= 11 is 0. The van der Waals surface area contributed by atoms with Gasteiger partial charge in [-0.3, -0.25) is 0 Å². The van der Waals surface area contributed by atoms with Gasteiger partial charge in [-0.25, -0.2) is 12.8 Å². The summed E-state index contributed by atoms with van der Waals surface area (Å²) in [6.07, 6.45) is 0.337. The van der Waals surface area contributed by atoms with Gasteiger partial charge in [-0.1, -0.05) is 6.92 Å². The normalized spacial score (nSPS) is 14.9. The molecule has 0 fully saturated rings. The predicted octanol–water partition coefficient (Wildman–Crippen LogP) is 1.80. The smallest absolute Gasteiger partial charge is 0.207 e. The number of nitriles is 1. The third-order valence-corrected chi connectivity index (χ3v) is 4.05. The number of nitrogens with one attached hydrogen (secondary N) is 1. The summed E-state index contributed by atoms with van der Waals surface area (Å²) in [6, 6.07) is 6.34. The van der Waals surface area contributed by atoms with E-state index < -0.39 is 21.4 Å². The number of hydrogen-bond acceptors (Lipinski definition) is 3. The van der Waals surface area contributed by atoms with Crippen LogP contribution in [0, 0.1) is 17.1 Å². The monoisotopic (exact) mass is 256 g/mol. The highest BCUT2D eigenvalue weighted by molar-refractivity contribution is 7.89. The van der Waals surface area contributed by atoms with Gasteiger partial charge in [0.1, 0.15) is 11.4 Å². The van der Waals surface area contributed by atoms with E-state index in [2.05, 4.69) is 4.72 Å². The van der Waals surface area contributed by atoms with Gasteiger partial charge < -0.3 is 0 Å². The molecular weight excluding hydrogens is 243 g/mol. The second kappa shape index (κ2) is 4.82. The van der Waals surface area contributed by atoms with E-state index in [1.54, 1.807) is 6.92 Å². The summed E-state index contributed by atoms with van der Waals surface area (Å²) < 4.78 is 38.8. The topological polar surface area (TPSA) is 70.0 Å². The van der Waals surface area contributed by atoms with Gasteiger partial charge in [0.25, 0.3) is 0 Å². The SMILES string of the molecule is CCC(C)(C#N)NS(=O)(=O)c1ccc(F)cc1. The molecule has 4 nitrogen and oxygen atoms in total. The lowest BCUT2D eigenvalue weighted by atomic mass is 10.0. The third-order valence-electron chi connectivity index (χ3n) is 2.44. The fraction of sp³-hybridized carbons (Fsp3) is 0.364. The van der Waals surface area contributed by atoms with Crippen molar-refractivity contribution in [2.24, 2.45) is 0 Å². The first-order valence-corrected chi connectivity index (χ1v) is 6.52. The van der Waals surface area contributed by atoms with Crippen LogP contribution < -0.4 is 4.72 Å². The Labute approximate surface area is 100 Å². The maximum absolute atomic E-state index is 12.7. The maximum Gasteiger partial charge on any atom is 0.241 e. The highest BCUT2D eigenvalue weighted by Crippen LogP contribution is 2.15. The van der Waals surface area contributed by atoms with Gasteiger partial charge in [0.2, 0.25) is 10.0 Å². The Hall–Kier alpha value is -1.45. The zero-order valence-corrected chi connectivity index (χ0v) is 10.4. The number of nitrogens with zero attached hydrogens (tertiary/aromatic N) is 1. The molecule has 1 rings (SSSR count). The summed E-state index contributed by atoms with van der Waals surface area (Å²) in [5.41, 5.74) is -1.16. The molecule has 0 saturated heterocycles. The highest BCUT2D eigenvalue weighted by atomic mass is 32.2. The summed E-state index contributed by atoms with van der Waals surface area (Å²) in [6.45, 7) is 3.20. The Morgan fingerprint density at radius 3 is 2.35 bits per heavy atom. The van der Waals surface area contributed by atoms with Gasteiger partial charge in [0.05, 0.1) is 11.0 Å². The van der Waals surface area contributed by atoms with Crippen LogP contribution in [-0.2, 0) is 10.0 Å². The van der Waals surface area contributed by atoms with Crippen molar-refractivity contribution in [3.8, 4) is 6.07 Å². The van der Waals surface area contributed by atoms with Crippen LogP contribution in [0.25, 0.3) is 0 Å². The zero-order chi connectivity index (χ0) is 13.1. The largest absolute Gasteiger partial charge is 0.241 e. The number of benzene rings is 1. The van der Waals surface area contributed by atoms with Crippen molar-refractivity contribution in [2.45, 2.75) is 30.7 Å². The van der Waals surface area contributed by atoms with E-state index in [4.69, 9.17) is 5.26 Å². The first-order valence-electron chi connectivity index (χ1n) is 5.04. The lowest BCUT2D eigenvalue weighted by Crippen LogP contribution is -2.44. The fourth-order valence-corrected chi connectivity index (χ4v) is 2.54. The molecule has 0 spiro atoms. The molecule has 17 heavy (non-hydrogen) atoms. The van der Waals surface area contributed by atoms with Crippen LogP contribution in [0.2, 0.25) is 0 Å². The second-order valence-corrected chi connectivity index (χ2v) is 5.54. The highest BCUT2D eigenvalue weighted by Gasteiger charge is 2.28. The number of rotatable bonds is 4. The third kappa shape index (κ3) is 3.25. The van der Waals surface area contributed by atoms with Crippen LogP contribution in [0.3, 0.4) is 0 Å². The zero-order valence-electron chi connectivity index (χ0n) is 9.57. The Bertz CT molecular complexity index is 534. The van der Waals surface area contributed by atoms with Crippen molar-refractivity contribution in [1.82, 2.24) is 4.72 Å². The van der Waals surface area contributed by atoms with Crippen molar-refractivity contribution in [3.05, 3.63) is 30.1 Å². The van der Waals surface area contributed by atoms with E-state index >= 15 is 0 Å². The van der Waals surface area contributed by atoms with Gasteiger partial charge >= 0.3 is 0 Å². The fourth-order valence-electron chi connectivity index (χ4n) is 1.14. The van der Waals surface area contributed by atoms with E-state index in [0.717, 1.165) is 24.3 Å². The minimum Gasteiger partial charge on any atom is -0.207 e. The van der Waals surface area contributed by atoms with Crippen molar-refractivity contribution in [3.63, 3.8) is 0 Å². The molecule has 0 radical (unpaired) electrons.